The average molecular weight is 562 g/mol. The molecule has 1 aromatic carbocycles. The van der Waals surface area contributed by atoms with Crippen LogP contribution in [-0.4, -0.2) is 36.7 Å². The molecule has 7 heteroatoms. The second kappa shape index (κ2) is 10.9. The molecule has 33 heavy (non-hydrogen) atoms. The number of anilines is 1. The molecule has 6 nitrogen and oxygen atoms in total. The van der Waals surface area contributed by atoms with Crippen molar-refractivity contribution in [1.82, 2.24) is 15.6 Å². The molecule has 3 aliphatic rings. The lowest BCUT2D eigenvalue weighted by molar-refractivity contribution is 0.0396. The van der Waals surface area contributed by atoms with Gasteiger partial charge in [0.05, 0.1) is 6.04 Å². The zero-order chi connectivity index (χ0) is 21.8. The number of hydrogen-bond acceptors (Lipinski definition) is 4. The molecule has 2 N–H and O–H groups in total. The first-order valence-corrected chi connectivity index (χ1v) is 12.2. The summed E-state index contributed by atoms with van der Waals surface area (Å²) in [4.78, 5) is 11.5. The van der Waals surface area contributed by atoms with Crippen molar-refractivity contribution >= 4 is 35.8 Å². The average Bonchev–Trinajstić information content (AvgIpc) is 3.29. The number of aliphatic imine (C=N–C) groups is 1. The normalized spacial score (nSPS) is 21.7. The minimum absolute atomic E-state index is 0. The van der Waals surface area contributed by atoms with Gasteiger partial charge in [0, 0.05) is 44.9 Å². The number of aromatic nitrogens is 1. The second-order valence-corrected chi connectivity index (χ2v) is 9.43. The number of piperidine rings is 1. The number of ether oxygens (including phenoxy) is 1. The van der Waals surface area contributed by atoms with Crippen LogP contribution in [-0.2, 0) is 6.54 Å². The molecule has 1 aliphatic carbocycles. The maximum absolute atomic E-state index is 6.51. The highest BCUT2D eigenvalue weighted by atomic mass is 127. The van der Waals surface area contributed by atoms with Gasteiger partial charge in [0.2, 0.25) is 0 Å². The molecule has 0 bridgehead atoms. The molecule has 1 spiro atoms. The highest BCUT2D eigenvalue weighted by Crippen LogP contribution is 2.46. The summed E-state index contributed by atoms with van der Waals surface area (Å²) in [6.45, 7) is 2.94. The highest BCUT2D eigenvalue weighted by molar-refractivity contribution is 14.0. The van der Waals surface area contributed by atoms with Crippen molar-refractivity contribution in [1.29, 1.82) is 0 Å². The van der Waals surface area contributed by atoms with Crippen LogP contribution in [0.1, 0.15) is 68.5 Å². The van der Waals surface area contributed by atoms with Crippen molar-refractivity contribution in [3.8, 4) is 5.75 Å². The molecule has 1 unspecified atom stereocenters. The molecule has 0 amide bonds. The Morgan fingerprint density at radius 1 is 1.12 bits per heavy atom. The van der Waals surface area contributed by atoms with Crippen LogP contribution in [0.5, 0.6) is 5.75 Å². The first kappa shape index (κ1) is 24.1. The third-order valence-electron chi connectivity index (χ3n) is 7.20. The van der Waals surface area contributed by atoms with Gasteiger partial charge in [-0.15, -0.1) is 24.0 Å². The smallest absolute Gasteiger partial charge is 0.191 e. The number of para-hydroxylation sites is 1. The van der Waals surface area contributed by atoms with E-state index in [2.05, 4.69) is 61.9 Å². The lowest BCUT2D eigenvalue weighted by atomic mass is 9.86. The van der Waals surface area contributed by atoms with Crippen LogP contribution in [0.4, 0.5) is 5.82 Å². The van der Waals surface area contributed by atoms with Gasteiger partial charge in [0.25, 0.3) is 0 Å². The van der Waals surface area contributed by atoms with E-state index in [1.807, 2.05) is 13.2 Å². The lowest BCUT2D eigenvalue weighted by Crippen LogP contribution is -2.46. The summed E-state index contributed by atoms with van der Waals surface area (Å²) >= 11 is 0. The van der Waals surface area contributed by atoms with E-state index in [0.29, 0.717) is 0 Å². The van der Waals surface area contributed by atoms with Crippen molar-refractivity contribution in [2.24, 2.45) is 4.99 Å². The van der Waals surface area contributed by atoms with Crippen molar-refractivity contribution in [2.45, 2.75) is 69.6 Å². The van der Waals surface area contributed by atoms with E-state index in [1.165, 1.54) is 43.2 Å². The molecular formula is C26H36IN5O. The van der Waals surface area contributed by atoms with E-state index in [9.17, 15) is 0 Å². The quantitative estimate of drug-likeness (QED) is 0.306. The maximum atomic E-state index is 6.51. The van der Waals surface area contributed by atoms with Crippen LogP contribution in [0.2, 0.25) is 0 Å². The lowest BCUT2D eigenvalue weighted by Gasteiger charge is -2.40. The molecule has 2 aromatic rings. The molecule has 2 aliphatic heterocycles. The Morgan fingerprint density at radius 2 is 1.91 bits per heavy atom. The second-order valence-electron chi connectivity index (χ2n) is 9.43. The van der Waals surface area contributed by atoms with Crippen molar-refractivity contribution < 1.29 is 4.74 Å². The molecule has 0 radical (unpaired) electrons. The van der Waals surface area contributed by atoms with Gasteiger partial charge in [-0.3, -0.25) is 4.99 Å². The van der Waals surface area contributed by atoms with E-state index >= 15 is 0 Å². The van der Waals surface area contributed by atoms with Gasteiger partial charge in [-0.05, 0) is 68.7 Å². The molecular weight excluding hydrogens is 525 g/mol. The number of nitrogens with one attached hydrogen (secondary N) is 2. The first-order valence-electron chi connectivity index (χ1n) is 12.2. The van der Waals surface area contributed by atoms with E-state index in [0.717, 1.165) is 56.4 Å². The van der Waals surface area contributed by atoms with Crippen LogP contribution in [0.25, 0.3) is 0 Å². The third kappa shape index (κ3) is 5.55. The standard InChI is InChI=1S/C26H35N5O.HI/c1-27-25(29-19-20-11-14-28-24(17-20)31-15-7-2-8-16-31)30-22-18-26(12-5-6-13-26)32-23-10-4-3-9-21(22)23;/h3-4,9-11,14,17,22H,2,5-8,12-13,15-16,18-19H2,1H3,(H2,27,29,30);1H. The number of nitrogens with zero attached hydrogens (tertiary/aromatic N) is 3. The summed E-state index contributed by atoms with van der Waals surface area (Å²) in [6.07, 6.45) is 11.5. The summed E-state index contributed by atoms with van der Waals surface area (Å²) in [5, 5.41) is 7.22. The Kier molecular flexibility index (Phi) is 7.98. The van der Waals surface area contributed by atoms with Gasteiger partial charge >= 0.3 is 0 Å². The Hall–Kier alpha value is -2.03. The molecule has 1 saturated heterocycles. The van der Waals surface area contributed by atoms with Crippen molar-refractivity contribution in [2.75, 3.05) is 25.0 Å². The summed E-state index contributed by atoms with van der Waals surface area (Å²) in [7, 11) is 1.84. The van der Waals surface area contributed by atoms with E-state index < -0.39 is 0 Å². The fraction of sp³-hybridized carbons (Fsp3) is 0.538. The Bertz CT molecular complexity index is 953. The number of fused-ring (bicyclic) bond motifs is 1. The summed E-state index contributed by atoms with van der Waals surface area (Å²) < 4.78 is 6.51. The van der Waals surface area contributed by atoms with E-state index in [4.69, 9.17) is 4.74 Å². The molecule has 1 aromatic heterocycles. The minimum atomic E-state index is -0.0285. The zero-order valence-electron chi connectivity index (χ0n) is 19.6. The van der Waals surface area contributed by atoms with Crippen LogP contribution < -0.4 is 20.3 Å². The van der Waals surface area contributed by atoms with Crippen LogP contribution in [0, 0.1) is 0 Å². The Labute approximate surface area is 214 Å². The maximum Gasteiger partial charge on any atom is 0.191 e. The first-order chi connectivity index (χ1) is 15.7. The van der Waals surface area contributed by atoms with Crippen molar-refractivity contribution in [3.05, 3.63) is 53.7 Å². The summed E-state index contributed by atoms with van der Waals surface area (Å²) in [6, 6.07) is 13.0. The van der Waals surface area contributed by atoms with Gasteiger partial charge in [-0.1, -0.05) is 18.2 Å². The fourth-order valence-corrected chi connectivity index (χ4v) is 5.48. The predicted molar refractivity (Wildman–Crippen MR) is 145 cm³/mol. The molecule has 178 valence electrons. The van der Waals surface area contributed by atoms with E-state index in [1.54, 1.807) is 0 Å². The van der Waals surface area contributed by atoms with Gasteiger partial charge in [-0.2, -0.15) is 0 Å². The number of rotatable bonds is 4. The molecule has 3 heterocycles. The zero-order valence-corrected chi connectivity index (χ0v) is 21.9. The highest BCUT2D eigenvalue weighted by Gasteiger charge is 2.43. The Balaban J connectivity index is 0.00000259. The molecule has 5 rings (SSSR count). The Morgan fingerprint density at radius 3 is 2.70 bits per heavy atom. The van der Waals surface area contributed by atoms with Crippen LogP contribution >= 0.6 is 24.0 Å². The minimum Gasteiger partial charge on any atom is -0.487 e. The van der Waals surface area contributed by atoms with Gasteiger partial charge in [0.15, 0.2) is 5.96 Å². The number of halogens is 1. The SMILES string of the molecule is CN=C(NCc1ccnc(N2CCCCC2)c1)NC1CC2(CCCC2)Oc2ccccc21.I. The molecule has 1 atom stereocenters. The monoisotopic (exact) mass is 561 g/mol. The van der Waals surface area contributed by atoms with Crippen molar-refractivity contribution in [3.63, 3.8) is 0 Å². The summed E-state index contributed by atoms with van der Waals surface area (Å²) in [5.41, 5.74) is 2.42. The van der Waals surface area contributed by atoms with Crippen LogP contribution in [0.3, 0.4) is 0 Å². The van der Waals surface area contributed by atoms with Gasteiger partial charge in [0.1, 0.15) is 17.2 Å². The number of guanidine groups is 1. The molecule has 2 fully saturated rings. The largest absolute Gasteiger partial charge is 0.487 e. The van der Waals surface area contributed by atoms with Gasteiger partial charge in [-0.25, -0.2) is 4.98 Å². The molecule has 1 saturated carbocycles. The number of benzene rings is 1. The third-order valence-corrected chi connectivity index (χ3v) is 7.20. The number of hydrogen-bond donors (Lipinski definition) is 2. The summed E-state index contributed by atoms with van der Waals surface area (Å²) in [5.74, 6) is 2.94. The topological polar surface area (TPSA) is 61.8 Å². The van der Waals surface area contributed by atoms with Crippen LogP contribution in [0.15, 0.2) is 47.6 Å². The van der Waals surface area contributed by atoms with E-state index in [-0.39, 0.29) is 35.6 Å². The number of pyridine rings is 1. The predicted octanol–water partition coefficient (Wildman–Crippen LogP) is 5.19. The fourth-order valence-electron chi connectivity index (χ4n) is 5.48. The van der Waals surface area contributed by atoms with Gasteiger partial charge < -0.3 is 20.3 Å².